The standard InChI is InChI=1S/C14H18N2O3/c1-10-4-2-3-5-13(10)15-14(17)11-6-8-12(9-7-11)16(18)19/h6-10,13H,2-5H2,1H3,(H,15,17)/t10-,13-/m1/s1. The Balaban J connectivity index is 2.01. The van der Waals surface area contributed by atoms with E-state index in [0.29, 0.717) is 11.5 Å². The molecule has 0 aliphatic heterocycles. The molecule has 5 heteroatoms. The van der Waals surface area contributed by atoms with Gasteiger partial charge in [0.1, 0.15) is 0 Å². The zero-order valence-corrected chi connectivity index (χ0v) is 11.0. The lowest BCUT2D eigenvalue weighted by Crippen LogP contribution is -2.41. The molecule has 1 aliphatic rings. The van der Waals surface area contributed by atoms with Crippen LogP contribution in [0, 0.1) is 16.0 Å². The van der Waals surface area contributed by atoms with Gasteiger partial charge in [0.05, 0.1) is 4.92 Å². The summed E-state index contributed by atoms with van der Waals surface area (Å²) in [5.41, 5.74) is 0.478. The number of non-ortho nitro benzene ring substituents is 1. The van der Waals surface area contributed by atoms with E-state index in [1.807, 2.05) is 0 Å². The van der Waals surface area contributed by atoms with Gasteiger partial charge in [0.15, 0.2) is 0 Å². The van der Waals surface area contributed by atoms with E-state index in [1.54, 1.807) is 0 Å². The number of amides is 1. The molecule has 1 aromatic rings. The maximum Gasteiger partial charge on any atom is 0.269 e. The molecule has 1 N–H and O–H groups in total. The van der Waals surface area contributed by atoms with Gasteiger partial charge >= 0.3 is 0 Å². The first kappa shape index (κ1) is 13.5. The van der Waals surface area contributed by atoms with Gasteiger partial charge in [-0.3, -0.25) is 14.9 Å². The third kappa shape index (κ3) is 3.30. The fourth-order valence-corrected chi connectivity index (χ4v) is 2.52. The zero-order chi connectivity index (χ0) is 13.8. The van der Waals surface area contributed by atoms with Gasteiger partial charge in [-0.25, -0.2) is 0 Å². The average Bonchev–Trinajstić information content (AvgIpc) is 2.41. The van der Waals surface area contributed by atoms with Gasteiger partial charge in [-0.05, 0) is 30.9 Å². The van der Waals surface area contributed by atoms with Crippen LogP contribution in [-0.4, -0.2) is 16.9 Å². The summed E-state index contributed by atoms with van der Waals surface area (Å²) in [5, 5.41) is 13.6. The van der Waals surface area contributed by atoms with Crippen LogP contribution in [0.5, 0.6) is 0 Å². The lowest BCUT2D eigenvalue weighted by atomic mass is 9.86. The van der Waals surface area contributed by atoms with Crippen LogP contribution in [0.1, 0.15) is 43.0 Å². The van der Waals surface area contributed by atoms with E-state index in [1.165, 1.54) is 30.7 Å². The molecule has 1 fully saturated rings. The second kappa shape index (κ2) is 5.82. The summed E-state index contributed by atoms with van der Waals surface area (Å²) in [4.78, 5) is 22.1. The average molecular weight is 262 g/mol. The molecule has 102 valence electrons. The van der Waals surface area contributed by atoms with Gasteiger partial charge in [0.25, 0.3) is 11.6 Å². The van der Waals surface area contributed by atoms with E-state index >= 15 is 0 Å². The Morgan fingerprint density at radius 3 is 2.47 bits per heavy atom. The Bertz CT molecular complexity index is 470. The monoisotopic (exact) mass is 262 g/mol. The van der Waals surface area contributed by atoms with Crippen molar-refractivity contribution >= 4 is 11.6 Å². The number of benzene rings is 1. The summed E-state index contributed by atoms with van der Waals surface area (Å²) in [7, 11) is 0. The Morgan fingerprint density at radius 1 is 1.26 bits per heavy atom. The summed E-state index contributed by atoms with van der Waals surface area (Å²) in [6.07, 6.45) is 4.53. The molecular formula is C14H18N2O3. The third-order valence-electron chi connectivity index (χ3n) is 3.77. The number of nitrogens with one attached hydrogen (secondary N) is 1. The van der Waals surface area contributed by atoms with E-state index in [0.717, 1.165) is 19.3 Å². The second-order valence-corrected chi connectivity index (χ2v) is 5.15. The van der Waals surface area contributed by atoms with E-state index in [9.17, 15) is 14.9 Å². The molecule has 1 amide bonds. The number of rotatable bonds is 3. The first-order valence-electron chi connectivity index (χ1n) is 6.63. The largest absolute Gasteiger partial charge is 0.349 e. The molecule has 1 saturated carbocycles. The molecule has 0 bridgehead atoms. The molecular weight excluding hydrogens is 244 g/mol. The highest BCUT2D eigenvalue weighted by atomic mass is 16.6. The van der Waals surface area contributed by atoms with Crippen molar-refractivity contribution in [3.05, 3.63) is 39.9 Å². The molecule has 19 heavy (non-hydrogen) atoms. The number of carbonyl (C=O) groups is 1. The van der Waals surface area contributed by atoms with Crippen LogP contribution in [0.25, 0.3) is 0 Å². The minimum absolute atomic E-state index is 0.00239. The smallest absolute Gasteiger partial charge is 0.269 e. The number of nitro groups is 1. The van der Waals surface area contributed by atoms with Crippen molar-refractivity contribution in [3.8, 4) is 0 Å². The molecule has 0 radical (unpaired) electrons. The Morgan fingerprint density at radius 2 is 1.89 bits per heavy atom. The molecule has 5 nitrogen and oxygen atoms in total. The molecule has 0 aromatic heterocycles. The first-order chi connectivity index (χ1) is 9.08. The number of carbonyl (C=O) groups excluding carboxylic acids is 1. The van der Waals surface area contributed by atoms with Crippen LogP contribution in [0.4, 0.5) is 5.69 Å². The molecule has 0 spiro atoms. The zero-order valence-electron chi connectivity index (χ0n) is 11.0. The van der Waals surface area contributed by atoms with Gasteiger partial charge in [-0.1, -0.05) is 19.8 Å². The summed E-state index contributed by atoms with van der Waals surface area (Å²) in [6.45, 7) is 2.15. The first-order valence-corrected chi connectivity index (χ1v) is 6.63. The minimum atomic E-state index is -0.467. The highest BCUT2D eigenvalue weighted by molar-refractivity contribution is 5.94. The summed E-state index contributed by atoms with van der Waals surface area (Å²) >= 11 is 0. The maximum atomic E-state index is 12.1. The topological polar surface area (TPSA) is 72.2 Å². The third-order valence-corrected chi connectivity index (χ3v) is 3.77. The number of nitro benzene ring substituents is 1. The predicted molar refractivity (Wildman–Crippen MR) is 72.0 cm³/mol. The fraction of sp³-hybridized carbons (Fsp3) is 0.500. The van der Waals surface area contributed by atoms with Crippen molar-refractivity contribution in [2.75, 3.05) is 0 Å². The van der Waals surface area contributed by atoms with Crippen molar-refractivity contribution < 1.29 is 9.72 Å². The normalized spacial score (nSPS) is 22.8. The molecule has 0 unspecified atom stereocenters. The predicted octanol–water partition coefficient (Wildman–Crippen LogP) is 2.90. The molecule has 0 heterocycles. The van der Waals surface area contributed by atoms with Gasteiger partial charge in [0, 0.05) is 23.7 Å². The molecule has 0 saturated heterocycles. The minimum Gasteiger partial charge on any atom is -0.349 e. The van der Waals surface area contributed by atoms with Crippen LogP contribution in [0.2, 0.25) is 0 Å². The van der Waals surface area contributed by atoms with Gasteiger partial charge in [0.2, 0.25) is 0 Å². The highest BCUT2D eigenvalue weighted by Crippen LogP contribution is 2.24. The number of hydrogen-bond donors (Lipinski definition) is 1. The van der Waals surface area contributed by atoms with Crippen LogP contribution < -0.4 is 5.32 Å². The molecule has 2 rings (SSSR count). The van der Waals surface area contributed by atoms with E-state index in [-0.39, 0.29) is 17.6 Å². The van der Waals surface area contributed by atoms with Crippen LogP contribution in [0.15, 0.2) is 24.3 Å². The SMILES string of the molecule is C[C@@H]1CCCC[C@H]1NC(=O)c1ccc([N+](=O)[O-])cc1. The maximum absolute atomic E-state index is 12.1. The molecule has 1 aromatic carbocycles. The Hall–Kier alpha value is -1.91. The summed E-state index contributed by atoms with van der Waals surface area (Å²) in [6, 6.07) is 5.94. The summed E-state index contributed by atoms with van der Waals surface area (Å²) in [5.74, 6) is 0.351. The van der Waals surface area contributed by atoms with Crippen molar-refractivity contribution in [2.24, 2.45) is 5.92 Å². The van der Waals surface area contributed by atoms with E-state index in [4.69, 9.17) is 0 Å². The lowest BCUT2D eigenvalue weighted by Gasteiger charge is -2.29. The Labute approximate surface area is 112 Å². The van der Waals surface area contributed by atoms with Crippen molar-refractivity contribution in [2.45, 2.75) is 38.6 Å². The molecule has 1 aliphatic carbocycles. The van der Waals surface area contributed by atoms with Crippen molar-refractivity contribution in [1.82, 2.24) is 5.32 Å². The van der Waals surface area contributed by atoms with Crippen LogP contribution in [-0.2, 0) is 0 Å². The lowest BCUT2D eigenvalue weighted by molar-refractivity contribution is -0.384. The van der Waals surface area contributed by atoms with Crippen LogP contribution in [0.3, 0.4) is 0 Å². The van der Waals surface area contributed by atoms with Crippen molar-refractivity contribution in [3.63, 3.8) is 0 Å². The van der Waals surface area contributed by atoms with E-state index in [2.05, 4.69) is 12.2 Å². The highest BCUT2D eigenvalue weighted by Gasteiger charge is 2.23. The van der Waals surface area contributed by atoms with Crippen LogP contribution >= 0.6 is 0 Å². The van der Waals surface area contributed by atoms with Crippen molar-refractivity contribution in [1.29, 1.82) is 0 Å². The number of nitrogens with zero attached hydrogens (tertiary/aromatic N) is 1. The van der Waals surface area contributed by atoms with E-state index < -0.39 is 4.92 Å². The van der Waals surface area contributed by atoms with Gasteiger partial charge in [-0.15, -0.1) is 0 Å². The van der Waals surface area contributed by atoms with Gasteiger partial charge in [-0.2, -0.15) is 0 Å². The summed E-state index contributed by atoms with van der Waals surface area (Å²) < 4.78 is 0. The quantitative estimate of drug-likeness (QED) is 0.672. The molecule has 2 atom stereocenters. The fourth-order valence-electron chi connectivity index (χ4n) is 2.52. The Kier molecular flexibility index (Phi) is 4.14. The second-order valence-electron chi connectivity index (χ2n) is 5.15. The van der Waals surface area contributed by atoms with Gasteiger partial charge < -0.3 is 5.32 Å². The number of hydrogen-bond acceptors (Lipinski definition) is 3.